The Labute approximate surface area is 98.3 Å². The fourth-order valence-electron chi connectivity index (χ4n) is 1.36. The van der Waals surface area contributed by atoms with E-state index in [1.54, 1.807) is 11.3 Å². The molecule has 0 amide bonds. The van der Waals surface area contributed by atoms with Crippen molar-refractivity contribution in [2.45, 2.75) is 19.6 Å². The second-order valence-electron chi connectivity index (χ2n) is 3.43. The number of hydrogen-bond acceptors (Lipinski definition) is 5. The van der Waals surface area contributed by atoms with Crippen LogP contribution in [0.1, 0.15) is 10.6 Å². The van der Waals surface area contributed by atoms with Crippen molar-refractivity contribution in [3.63, 3.8) is 0 Å². The van der Waals surface area contributed by atoms with E-state index in [9.17, 15) is 0 Å². The van der Waals surface area contributed by atoms with Crippen LogP contribution in [0.5, 0.6) is 0 Å². The van der Waals surface area contributed by atoms with Crippen molar-refractivity contribution in [1.82, 2.24) is 20.3 Å². The van der Waals surface area contributed by atoms with E-state index in [1.807, 2.05) is 10.9 Å². The number of hydrogen-bond donors (Lipinski definition) is 2. The molecule has 86 valence electrons. The summed E-state index contributed by atoms with van der Waals surface area (Å²) in [5.74, 6) is 0. The number of rotatable bonds is 6. The molecule has 0 aliphatic rings. The summed E-state index contributed by atoms with van der Waals surface area (Å²) in [7, 11) is 0. The highest BCUT2D eigenvalue weighted by Crippen LogP contribution is 2.06. The highest BCUT2D eigenvalue weighted by molar-refractivity contribution is 7.09. The maximum atomic E-state index is 5.45. The second-order valence-corrected chi connectivity index (χ2v) is 4.47. The Morgan fingerprint density at radius 2 is 2.44 bits per heavy atom. The predicted octanol–water partition coefficient (Wildman–Crippen LogP) is 0.588. The van der Waals surface area contributed by atoms with Crippen LogP contribution in [0.15, 0.2) is 23.7 Å². The van der Waals surface area contributed by atoms with E-state index in [0.717, 1.165) is 25.3 Å². The molecule has 0 radical (unpaired) electrons. The Morgan fingerprint density at radius 3 is 3.12 bits per heavy atom. The van der Waals surface area contributed by atoms with E-state index in [-0.39, 0.29) is 0 Å². The van der Waals surface area contributed by atoms with E-state index in [4.69, 9.17) is 5.73 Å². The minimum absolute atomic E-state index is 0.447. The van der Waals surface area contributed by atoms with Crippen LogP contribution in [-0.4, -0.2) is 21.5 Å². The van der Waals surface area contributed by atoms with Crippen LogP contribution in [0.25, 0.3) is 0 Å². The molecule has 0 saturated heterocycles. The van der Waals surface area contributed by atoms with E-state index >= 15 is 0 Å². The molecule has 2 aromatic heterocycles. The summed E-state index contributed by atoms with van der Waals surface area (Å²) in [5.41, 5.74) is 6.28. The number of nitrogens with one attached hydrogen (secondary N) is 1. The van der Waals surface area contributed by atoms with Gasteiger partial charge in [-0.05, 0) is 11.4 Å². The van der Waals surface area contributed by atoms with E-state index in [1.165, 1.54) is 4.88 Å². The first-order valence-corrected chi connectivity index (χ1v) is 6.08. The van der Waals surface area contributed by atoms with Crippen molar-refractivity contribution < 1.29 is 0 Å². The summed E-state index contributed by atoms with van der Waals surface area (Å²) in [6.07, 6.45) is 1.88. The zero-order valence-electron chi connectivity index (χ0n) is 8.97. The molecule has 0 unspecified atom stereocenters. The second kappa shape index (κ2) is 5.74. The molecular formula is C10H15N5S. The first-order chi connectivity index (χ1) is 7.88. The van der Waals surface area contributed by atoms with Crippen molar-refractivity contribution in [2.24, 2.45) is 5.73 Å². The Bertz CT molecular complexity index is 409. The molecule has 0 aliphatic heterocycles. The largest absolute Gasteiger partial charge is 0.325 e. The standard InChI is InChI=1S/C10H15N5S/c11-6-9-8-15(14-13-9)4-3-12-7-10-2-1-5-16-10/h1-2,5,8,12H,3-4,6-7,11H2. The average Bonchev–Trinajstić information content (AvgIpc) is 2.95. The third-order valence-electron chi connectivity index (χ3n) is 2.19. The predicted molar refractivity (Wildman–Crippen MR) is 63.9 cm³/mol. The van der Waals surface area contributed by atoms with Crippen molar-refractivity contribution in [2.75, 3.05) is 6.54 Å². The topological polar surface area (TPSA) is 68.8 Å². The lowest BCUT2D eigenvalue weighted by atomic mass is 10.4. The molecule has 0 fully saturated rings. The van der Waals surface area contributed by atoms with Crippen molar-refractivity contribution >= 4 is 11.3 Å². The molecule has 0 spiro atoms. The van der Waals surface area contributed by atoms with Crippen LogP contribution in [0.2, 0.25) is 0 Å². The van der Waals surface area contributed by atoms with Gasteiger partial charge in [-0.1, -0.05) is 11.3 Å². The van der Waals surface area contributed by atoms with Gasteiger partial charge >= 0.3 is 0 Å². The minimum atomic E-state index is 0.447. The van der Waals surface area contributed by atoms with Crippen molar-refractivity contribution in [3.05, 3.63) is 34.3 Å². The summed E-state index contributed by atoms with van der Waals surface area (Å²) in [6, 6.07) is 4.19. The van der Waals surface area contributed by atoms with Crippen LogP contribution in [-0.2, 0) is 19.6 Å². The molecule has 2 heterocycles. The Kier molecular flexibility index (Phi) is 4.03. The third-order valence-corrected chi connectivity index (χ3v) is 3.07. The molecule has 0 aromatic carbocycles. The van der Waals surface area contributed by atoms with Crippen LogP contribution < -0.4 is 11.1 Å². The quantitative estimate of drug-likeness (QED) is 0.721. The number of nitrogens with two attached hydrogens (primary N) is 1. The van der Waals surface area contributed by atoms with Gasteiger partial charge in [0.25, 0.3) is 0 Å². The highest BCUT2D eigenvalue weighted by Gasteiger charge is 1.98. The van der Waals surface area contributed by atoms with Gasteiger partial charge in [0.1, 0.15) is 0 Å². The van der Waals surface area contributed by atoms with Gasteiger partial charge in [0, 0.05) is 30.7 Å². The summed E-state index contributed by atoms with van der Waals surface area (Å²) in [6.45, 7) is 3.06. The van der Waals surface area contributed by atoms with Crippen LogP contribution in [0.3, 0.4) is 0 Å². The van der Waals surface area contributed by atoms with Gasteiger partial charge in [0.05, 0.1) is 12.2 Å². The summed E-state index contributed by atoms with van der Waals surface area (Å²) < 4.78 is 1.81. The highest BCUT2D eigenvalue weighted by atomic mass is 32.1. The van der Waals surface area contributed by atoms with Gasteiger partial charge in [-0.15, -0.1) is 16.4 Å². The Hall–Kier alpha value is -1.24. The van der Waals surface area contributed by atoms with E-state index in [0.29, 0.717) is 6.54 Å². The molecule has 0 bridgehead atoms. The van der Waals surface area contributed by atoms with Crippen LogP contribution >= 0.6 is 11.3 Å². The summed E-state index contributed by atoms with van der Waals surface area (Å²) in [5, 5.41) is 13.3. The Balaban J connectivity index is 1.68. The van der Waals surface area contributed by atoms with Crippen LogP contribution in [0, 0.1) is 0 Å². The normalized spacial score (nSPS) is 10.8. The summed E-state index contributed by atoms with van der Waals surface area (Å²) in [4.78, 5) is 1.35. The number of nitrogens with zero attached hydrogens (tertiary/aromatic N) is 3. The SMILES string of the molecule is NCc1cn(CCNCc2cccs2)nn1. The minimum Gasteiger partial charge on any atom is -0.325 e. The van der Waals surface area contributed by atoms with E-state index < -0.39 is 0 Å². The van der Waals surface area contributed by atoms with Gasteiger partial charge in [0.15, 0.2) is 0 Å². The van der Waals surface area contributed by atoms with Gasteiger partial charge in [-0.2, -0.15) is 0 Å². The van der Waals surface area contributed by atoms with Crippen molar-refractivity contribution in [1.29, 1.82) is 0 Å². The maximum absolute atomic E-state index is 5.45. The smallest absolute Gasteiger partial charge is 0.0962 e. The van der Waals surface area contributed by atoms with Gasteiger partial charge in [0.2, 0.25) is 0 Å². The summed E-state index contributed by atoms with van der Waals surface area (Å²) >= 11 is 1.76. The molecule has 3 N–H and O–H groups in total. The first-order valence-electron chi connectivity index (χ1n) is 5.20. The van der Waals surface area contributed by atoms with Gasteiger partial charge in [-0.3, -0.25) is 4.68 Å². The molecule has 5 nitrogen and oxygen atoms in total. The van der Waals surface area contributed by atoms with Gasteiger partial charge < -0.3 is 11.1 Å². The fraction of sp³-hybridized carbons (Fsp3) is 0.400. The maximum Gasteiger partial charge on any atom is 0.0962 e. The fourth-order valence-corrected chi connectivity index (χ4v) is 2.03. The molecule has 0 saturated carbocycles. The lowest BCUT2D eigenvalue weighted by Crippen LogP contribution is -2.19. The molecular weight excluding hydrogens is 222 g/mol. The van der Waals surface area contributed by atoms with E-state index in [2.05, 4.69) is 33.1 Å². The molecule has 6 heteroatoms. The number of thiophene rings is 1. The lowest BCUT2D eigenvalue weighted by Gasteiger charge is -2.02. The van der Waals surface area contributed by atoms with Crippen LogP contribution in [0.4, 0.5) is 0 Å². The molecule has 0 atom stereocenters. The molecule has 2 rings (SSSR count). The molecule has 16 heavy (non-hydrogen) atoms. The average molecular weight is 237 g/mol. The first kappa shape index (κ1) is 11.3. The van der Waals surface area contributed by atoms with Gasteiger partial charge in [-0.25, -0.2) is 0 Å². The molecule has 2 aromatic rings. The van der Waals surface area contributed by atoms with Crippen molar-refractivity contribution in [3.8, 4) is 0 Å². The monoisotopic (exact) mass is 237 g/mol. The molecule has 0 aliphatic carbocycles. The zero-order valence-corrected chi connectivity index (χ0v) is 9.78. The lowest BCUT2D eigenvalue weighted by molar-refractivity contribution is 0.542. The third kappa shape index (κ3) is 3.13. The zero-order chi connectivity index (χ0) is 11.2. The number of aromatic nitrogens is 3. The Morgan fingerprint density at radius 1 is 1.50 bits per heavy atom.